The first kappa shape index (κ1) is 11.8. The molecule has 0 aromatic heterocycles. The van der Waals surface area contributed by atoms with Crippen molar-refractivity contribution in [3.63, 3.8) is 0 Å². The average molecular weight is 233 g/mol. The molecule has 17 heavy (non-hydrogen) atoms. The van der Waals surface area contributed by atoms with Crippen molar-refractivity contribution in [2.24, 2.45) is 0 Å². The summed E-state index contributed by atoms with van der Waals surface area (Å²) in [5, 5.41) is 2.64. The van der Waals surface area contributed by atoms with E-state index in [2.05, 4.69) is 16.3 Å². The van der Waals surface area contributed by atoms with E-state index < -0.39 is 0 Å². The van der Waals surface area contributed by atoms with E-state index in [4.69, 9.17) is 5.73 Å². The molecular formula is C13H19N3O. The molecule has 1 amide bonds. The zero-order valence-corrected chi connectivity index (χ0v) is 10.2. The highest BCUT2D eigenvalue weighted by atomic mass is 16.1. The zero-order chi connectivity index (χ0) is 12.3. The fraction of sp³-hybridized carbons (Fsp3) is 0.462. The Morgan fingerprint density at radius 1 is 1.53 bits per heavy atom. The molecule has 4 nitrogen and oxygen atoms in total. The van der Waals surface area contributed by atoms with Gasteiger partial charge in [0, 0.05) is 37.9 Å². The van der Waals surface area contributed by atoms with E-state index in [9.17, 15) is 4.79 Å². The number of anilines is 2. The number of carbonyl (C=O) groups is 1. The molecule has 3 N–H and O–H groups in total. The average Bonchev–Trinajstić information content (AvgIpc) is 2.72. The zero-order valence-electron chi connectivity index (χ0n) is 10.2. The molecule has 1 aromatic rings. The number of rotatable bonds is 4. The van der Waals surface area contributed by atoms with Crippen LogP contribution >= 0.6 is 0 Å². The van der Waals surface area contributed by atoms with E-state index in [-0.39, 0.29) is 5.91 Å². The Labute approximate surface area is 102 Å². The molecule has 1 aliphatic heterocycles. The highest BCUT2D eigenvalue weighted by molar-refractivity contribution is 5.75. The number of hydrogen-bond donors (Lipinski definition) is 2. The molecule has 92 valence electrons. The minimum atomic E-state index is 0.108. The molecule has 0 spiro atoms. The lowest BCUT2D eigenvalue weighted by atomic mass is 10.1. The van der Waals surface area contributed by atoms with E-state index in [0.29, 0.717) is 6.42 Å². The number of nitrogens with two attached hydrogens (primary N) is 1. The van der Waals surface area contributed by atoms with E-state index in [1.807, 2.05) is 12.1 Å². The fourth-order valence-corrected chi connectivity index (χ4v) is 2.25. The van der Waals surface area contributed by atoms with E-state index in [1.165, 1.54) is 11.3 Å². The Hall–Kier alpha value is -1.71. The van der Waals surface area contributed by atoms with Gasteiger partial charge < -0.3 is 16.0 Å². The molecule has 1 aromatic carbocycles. The summed E-state index contributed by atoms with van der Waals surface area (Å²) in [4.78, 5) is 13.4. The lowest BCUT2D eigenvalue weighted by Crippen LogP contribution is -2.24. The number of nitrogen functional groups attached to an aromatic ring is 1. The van der Waals surface area contributed by atoms with E-state index >= 15 is 0 Å². The minimum Gasteiger partial charge on any atom is -0.399 e. The first-order valence-electron chi connectivity index (χ1n) is 6.04. The Bertz CT molecular complexity index is 417. The van der Waals surface area contributed by atoms with Gasteiger partial charge in [-0.1, -0.05) is 6.07 Å². The van der Waals surface area contributed by atoms with Crippen molar-refractivity contribution in [1.82, 2.24) is 5.32 Å². The van der Waals surface area contributed by atoms with Crippen molar-refractivity contribution >= 4 is 17.3 Å². The van der Waals surface area contributed by atoms with Crippen LogP contribution in [0.2, 0.25) is 0 Å². The predicted octanol–water partition coefficient (Wildman–Crippen LogP) is 1.16. The van der Waals surface area contributed by atoms with E-state index in [1.54, 1.807) is 7.05 Å². The maximum Gasteiger partial charge on any atom is 0.219 e. The molecule has 2 rings (SSSR count). The Morgan fingerprint density at radius 2 is 2.35 bits per heavy atom. The number of carbonyl (C=O) groups excluding carboxylic acids is 1. The van der Waals surface area contributed by atoms with Crippen molar-refractivity contribution in [3.05, 3.63) is 23.8 Å². The van der Waals surface area contributed by atoms with Gasteiger partial charge in [0.05, 0.1) is 0 Å². The number of fused-ring (bicyclic) bond motifs is 1. The normalized spacial score (nSPS) is 13.6. The molecule has 0 aliphatic carbocycles. The predicted molar refractivity (Wildman–Crippen MR) is 70.1 cm³/mol. The molecule has 0 bridgehead atoms. The quantitative estimate of drug-likeness (QED) is 0.767. The van der Waals surface area contributed by atoms with Crippen LogP contribution in [0.5, 0.6) is 0 Å². The summed E-state index contributed by atoms with van der Waals surface area (Å²) >= 11 is 0. The summed E-state index contributed by atoms with van der Waals surface area (Å²) in [6, 6.07) is 6.08. The molecule has 1 heterocycles. The van der Waals surface area contributed by atoms with Gasteiger partial charge in [0.15, 0.2) is 0 Å². The third-order valence-electron chi connectivity index (χ3n) is 3.21. The van der Waals surface area contributed by atoms with Crippen molar-refractivity contribution in [2.75, 3.05) is 30.8 Å². The van der Waals surface area contributed by atoms with Gasteiger partial charge in [-0.25, -0.2) is 0 Å². The summed E-state index contributed by atoms with van der Waals surface area (Å²) < 4.78 is 0. The Balaban J connectivity index is 1.93. The maximum absolute atomic E-state index is 11.1. The number of nitrogens with one attached hydrogen (secondary N) is 1. The lowest BCUT2D eigenvalue weighted by molar-refractivity contribution is -0.120. The van der Waals surface area contributed by atoms with Crippen LogP contribution in [0.25, 0.3) is 0 Å². The van der Waals surface area contributed by atoms with E-state index in [0.717, 1.165) is 31.6 Å². The van der Waals surface area contributed by atoms with Gasteiger partial charge in [-0.3, -0.25) is 4.79 Å². The molecule has 4 heteroatoms. The Kier molecular flexibility index (Phi) is 3.52. The topological polar surface area (TPSA) is 58.4 Å². The van der Waals surface area contributed by atoms with Crippen molar-refractivity contribution < 1.29 is 4.79 Å². The standard InChI is InChI=1S/C13H19N3O/c1-15-13(17)3-2-7-16-8-6-10-4-5-11(14)9-12(10)16/h4-5,9H,2-3,6-8,14H2,1H3,(H,15,17). The number of benzene rings is 1. The molecular weight excluding hydrogens is 214 g/mol. The van der Waals surface area contributed by atoms with Crippen LogP contribution in [0, 0.1) is 0 Å². The minimum absolute atomic E-state index is 0.108. The first-order valence-corrected chi connectivity index (χ1v) is 6.04. The third kappa shape index (κ3) is 2.70. The van der Waals surface area contributed by atoms with Crippen LogP contribution in [-0.4, -0.2) is 26.0 Å². The van der Waals surface area contributed by atoms with Crippen molar-refractivity contribution in [2.45, 2.75) is 19.3 Å². The smallest absolute Gasteiger partial charge is 0.219 e. The molecule has 1 aliphatic rings. The van der Waals surface area contributed by atoms with Gasteiger partial charge in [-0.15, -0.1) is 0 Å². The Morgan fingerprint density at radius 3 is 3.12 bits per heavy atom. The van der Waals surface area contributed by atoms with Gasteiger partial charge in [-0.05, 0) is 30.5 Å². The monoisotopic (exact) mass is 233 g/mol. The van der Waals surface area contributed by atoms with Crippen LogP contribution < -0.4 is 16.0 Å². The summed E-state index contributed by atoms with van der Waals surface area (Å²) in [6.45, 7) is 1.95. The summed E-state index contributed by atoms with van der Waals surface area (Å²) in [5.74, 6) is 0.108. The van der Waals surface area contributed by atoms with Crippen LogP contribution in [0.1, 0.15) is 18.4 Å². The van der Waals surface area contributed by atoms with Crippen LogP contribution in [0.4, 0.5) is 11.4 Å². The summed E-state index contributed by atoms with van der Waals surface area (Å²) in [6.07, 6.45) is 2.55. The second kappa shape index (κ2) is 5.08. The number of hydrogen-bond acceptors (Lipinski definition) is 3. The molecule has 0 atom stereocenters. The van der Waals surface area contributed by atoms with Crippen LogP contribution in [0.15, 0.2) is 18.2 Å². The van der Waals surface area contributed by atoms with Crippen molar-refractivity contribution in [3.8, 4) is 0 Å². The largest absolute Gasteiger partial charge is 0.399 e. The third-order valence-corrected chi connectivity index (χ3v) is 3.21. The van der Waals surface area contributed by atoms with Gasteiger partial charge in [0.1, 0.15) is 0 Å². The number of nitrogens with zero attached hydrogens (tertiary/aromatic N) is 1. The van der Waals surface area contributed by atoms with Gasteiger partial charge in [0.2, 0.25) is 5.91 Å². The lowest BCUT2D eigenvalue weighted by Gasteiger charge is -2.19. The fourth-order valence-electron chi connectivity index (χ4n) is 2.25. The molecule has 0 unspecified atom stereocenters. The SMILES string of the molecule is CNC(=O)CCCN1CCc2ccc(N)cc21. The first-order chi connectivity index (χ1) is 8.20. The molecule has 0 radical (unpaired) electrons. The summed E-state index contributed by atoms with van der Waals surface area (Å²) in [7, 11) is 1.67. The highest BCUT2D eigenvalue weighted by Gasteiger charge is 2.18. The van der Waals surface area contributed by atoms with Gasteiger partial charge in [-0.2, -0.15) is 0 Å². The molecule has 0 saturated carbocycles. The van der Waals surface area contributed by atoms with Crippen molar-refractivity contribution in [1.29, 1.82) is 0 Å². The maximum atomic E-state index is 11.1. The van der Waals surface area contributed by atoms with Crippen LogP contribution in [0.3, 0.4) is 0 Å². The second-order valence-corrected chi connectivity index (χ2v) is 4.40. The van der Waals surface area contributed by atoms with Gasteiger partial charge in [0.25, 0.3) is 0 Å². The van der Waals surface area contributed by atoms with Gasteiger partial charge >= 0.3 is 0 Å². The summed E-state index contributed by atoms with van der Waals surface area (Å²) in [5.41, 5.74) is 9.21. The number of amides is 1. The highest BCUT2D eigenvalue weighted by Crippen LogP contribution is 2.29. The van der Waals surface area contributed by atoms with Crippen LogP contribution in [-0.2, 0) is 11.2 Å². The molecule has 0 saturated heterocycles. The molecule has 0 fully saturated rings. The second-order valence-electron chi connectivity index (χ2n) is 4.40.